The smallest absolute Gasteiger partial charge is 0.320 e. The Kier molecular flexibility index (Phi) is 11.7. The molecule has 6 heteroatoms. The van der Waals surface area contributed by atoms with Crippen LogP contribution in [-0.2, 0) is 23.8 Å². The monoisotopic (exact) mass is 374 g/mol. The van der Waals surface area contributed by atoms with E-state index in [0.29, 0.717) is 17.4 Å². The van der Waals surface area contributed by atoms with E-state index < -0.39 is 17.9 Å². The summed E-state index contributed by atoms with van der Waals surface area (Å²) in [7, 11) is 4.21. The van der Waals surface area contributed by atoms with Gasteiger partial charge in [-0.15, -0.1) is 0 Å². The van der Waals surface area contributed by atoms with E-state index in [1.807, 2.05) is 0 Å². The zero-order valence-electron chi connectivity index (χ0n) is 17.9. The maximum atomic E-state index is 12.1. The van der Waals surface area contributed by atoms with Gasteiger partial charge in [-0.1, -0.05) is 13.3 Å². The molecule has 0 saturated heterocycles. The fourth-order valence-electron chi connectivity index (χ4n) is 2.54. The number of hydrogen-bond acceptors (Lipinski definition) is 5. The van der Waals surface area contributed by atoms with Crippen molar-refractivity contribution in [2.24, 2.45) is 5.92 Å². The summed E-state index contributed by atoms with van der Waals surface area (Å²) in [6.45, 7) is 12.7. The van der Waals surface area contributed by atoms with Crippen LogP contribution in [0.3, 0.4) is 0 Å². The van der Waals surface area contributed by atoms with Crippen LogP contribution < -0.4 is 0 Å². The molecule has 0 spiro atoms. The van der Waals surface area contributed by atoms with Crippen molar-refractivity contribution < 1.29 is 28.3 Å². The minimum Gasteiger partial charge on any atom is -0.465 e. The van der Waals surface area contributed by atoms with Gasteiger partial charge in [-0.3, -0.25) is 9.59 Å². The zero-order chi connectivity index (χ0) is 20.2. The van der Waals surface area contributed by atoms with Crippen LogP contribution in [0.25, 0.3) is 0 Å². The molecular weight excluding hydrogens is 334 g/mol. The molecule has 0 saturated carbocycles. The Morgan fingerprint density at radius 1 is 0.962 bits per heavy atom. The van der Waals surface area contributed by atoms with Crippen LogP contribution in [-0.4, -0.2) is 69.0 Å². The molecule has 154 valence electrons. The summed E-state index contributed by atoms with van der Waals surface area (Å²) in [5.41, 5.74) is -0.174. The van der Waals surface area contributed by atoms with Crippen molar-refractivity contribution in [3.63, 3.8) is 0 Å². The summed E-state index contributed by atoms with van der Waals surface area (Å²) >= 11 is 0. The SMILES string of the molecule is CCCCOC(C)(C)CC[N+](C)(C)CCC(C(=O)OCC)C(=O)OCC. The highest BCUT2D eigenvalue weighted by Crippen LogP contribution is 2.19. The molecule has 0 N–H and O–H groups in total. The fraction of sp³-hybridized carbons (Fsp3) is 0.900. The Bertz CT molecular complexity index is 402. The Morgan fingerprint density at radius 2 is 1.50 bits per heavy atom. The molecule has 0 amide bonds. The largest absolute Gasteiger partial charge is 0.465 e. The molecule has 0 fully saturated rings. The van der Waals surface area contributed by atoms with Crippen LogP contribution in [0.5, 0.6) is 0 Å². The second-order valence-electron chi connectivity index (χ2n) is 7.94. The average Bonchev–Trinajstić information content (AvgIpc) is 2.54. The van der Waals surface area contributed by atoms with Crippen LogP contribution in [0.4, 0.5) is 0 Å². The van der Waals surface area contributed by atoms with Crippen molar-refractivity contribution in [3.8, 4) is 0 Å². The highest BCUT2D eigenvalue weighted by atomic mass is 16.6. The Balaban J connectivity index is 4.63. The molecule has 0 aromatic heterocycles. The van der Waals surface area contributed by atoms with Crippen molar-refractivity contribution in [2.45, 2.75) is 65.9 Å². The van der Waals surface area contributed by atoms with Gasteiger partial charge < -0.3 is 18.7 Å². The van der Waals surface area contributed by atoms with Gasteiger partial charge in [0.15, 0.2) is 5.92 Å². The van der Waals surface area contributed by atoms with Crippen LogP contribution in [0.2, 0.25) is 0 Å². The molecule has 0 aromatic rings. The molecule has 6 nitrogen and oxygen atoms in total. The molecule has 0 heterocycles. The molecule has 0 rings (SSSR count). The number of ether oxygens (including phenoxy) is 3. The minimum atomic E-state index is -0.846. The lowest BCUT2D eigenvalue weighted by molar-refractivity contribution is -0.891. The van der Waals surface area contributed by atoms with Gasteiger partial charge in [0.1, 0.15) is 0 Å². The first kappa shape index (κ1) is 24.9. The Hall–Kier alpha value is -1.14. The van der Waals surface area contributed by atoms with E-state index in [1.54, 1.807) is 13.8 Å². The average molecular weight is 375 g/mol. The zero-order valence-corrected chi connectivity index (χ0v) is 17.9. The second kappa shape index (κ2) is 12.3. The van der Waals surface area contributed by atoms with Crippen LogP contribution in [0.1, 0.15) is 60.3 Å². The Morgan fingerprint density at radius 3 is 1.96 bits per heavy atom. The van der Waals surface area contributed by atoms with Gasteiger partial charge >= 0.3 is 11.9 Å². The number of nitrogens with zero attached hydrogens (tertiary/aromatic N) is 1. The maximum absolute atomic E-state index is 12.1. The summed E-state index contributed by atoms with van der Waals surface area (Å²) < 4.78 is 16.8. The molecule has 0 radical (unpaired) electrons. The van der Waals surface area contributed by atoms with Gasteiger partial charge in [0.2, 0.25) is 0 Å². The van der Waals surface area contributed by atoms with Crippen molar-refractivity contribution >= 4 is 11.9 Å². The number of esters is 2. The van der Waals surface area contributed by atoms with E-state index in [9.17, 15) is 9.59 Å². The van der Waals surface area contributed by atoms with Gasteiger partial charge in [0, 0.05) is 19.4 Å². The number of carbonyl (C=O) groups is 2. The quantitative estimate of drug-likeness (QED) is 0.202. The Labute approximate surface area is 159 Å². The van der Waals surface area contributed by atoms with Crippen molar-refractivity contribution in [3.05, 3.63) is 0 Å². The molecule has 0 atom stereocenters. The first-order valence-corrected chi connectivity index (χ1v) is 9.87. The first-order chi connectivity index (χ1) is 12.1. The second-order valence-corrected chi connectivity index (χ2v) is 7.94. The number of quaternary nitrogens is 1. The van der Waals surface area contributed by atoms with E-state index >= 15 is 0 Å². The lowest BCUT2D eigenvalue weighted by atomic mass is 10.0. The van der Waals surface area contributed by atoms with E-state index in [0.717, 1.165) is 32.4 Å². The molecule has 0 aliphatic carbocycles. The molecule has 0 aromatic carbocycles. The minimum absolute atomic E-state index is 0.174. The van der Waals surface area contributed by atoms with Crippen LogP contribution in [0.15, 0.2) is 0 Å². The third-order valence-electron chi connectivity index (χ3n) is 4.48. The summed E-state index contributed by atoms with van der Waals surface area (Å²) in [5, 5.41) is 0. The number of rotatable bonds is 14. The molecule has 26 heavy (non-hydrogen) atoms. The topological polar surface area (TPSA) is 61.8 Å². The van der Waals surface area contributed by atoms with Gasteiger partial charge in [0.25, 0.3) is 0 Å². The maximum Gasteiger partial charge on any atom is 0.320 e. The molecule has 0 unspecified atom stereocenters. The van der Waals surface area contributed by atoms with Crippen molar-refractivity contribution in [1.82, 2.24) is 0 Å². The predicted octanol–water partition coefficient (Wildman–Crippen LogP) is 3.18. The third-order valence-corrected chi connectivity index (χ3v) is 4.48. The van der Waals surface area contributed by atoms with Gasteiger partial charge in [0.05, 0.1) is 46.0 Å². The van der Waals surface area contributed by atoms with Gasteiger partial charge in [-0.2, -0.15) is 0 Å². The number of unbranched alkanes of at least 4 members (excludes halogenated alkanes) is 1. The van der Waals surface area contributed by atoms with Crippen molar-refractivity contribution in [2.75, 3.05) is 47.0 Å². The van der Waals surface area contributed by atoms with E-state index in [2.05, 4.69) is 34.9 Å². The van der Waals surface area contributed by atoms with E-state index in [-0.39, 0.29) is 18.8 Å². The van der Waals surface area contributed by atoms with Gasteiger partial charge in [-0.25, -0.2) is 0 Å². The van der Waals surface area contributed by atoms with Crippen LogP contribution >= 0.6 is 0 Å². The standard InChI is InChI=1S/C20H40NO5/c1-8-11-16-26-20(4,5)13-15-21(6,7)14-12-17(18(22)24-9-2)19(23)25-10-3/h17H,8-16H2,1-7H3/q+1. The van der Waals surface area contributed by atoms with Crippen molar-refractivity contribution in [1.29, 1.82) is 0 Å². The molecule has 0 aliphatic heterocycles. The summed E-state index contributed by atoms with van der Waals surface area (Å²) in [5.74, 6) is -1.83. The highest BCUT2D eigenvalue weighted by Gasteiger charge is 2.32. The third kappa shape index (κ3) is 10.8. The summed E-state index contributed by atoms with van der Waals surface area (Å²) in [4.78, 5) is 24.2. The lowest BCUT2D eigenvalue weighted by Crippen LogP contribution is -2.46. The summed E-state index contributed by atoms with van der Waals surface area (Å²) in [6.07, 6.45) is 3.53. The molecule has 0 aliphatic rings. The van der Waals surface area contributed by atoms with E-state index in [1.165, 1.54) is 0 Å². The predicted molar refractivity (Wildman–Crippen MR) is 103 cm³/mol. The molecular formula is C20H40NO5+. The van der Waals surface area contributed by atoms with Crippen LogP contribution in [0, 0.1) is 5.92 Å². The molecule has 0 bridgehead atoms. The highest BCUT2D eigenvalue weighted by molar-refractivity contribution is 5.94. The summed E-state index contributed by atoms with van der Waals surface area (Å²) in [6, 6.07) is 0. The normalized spacial score (nSPS) is 12.3. The van der Waals surface area contributed by atoms with Gasteiger partial charge in [-0.05, 0) is 34.1 Å². The number of carbonyl (C=O) groups excluding carboxylic acids is 2. The van der Waals surface area contributed by atoms with E-state index in [4.69, 9.17) is 14.2 Å². The number of hydrogen-bond donors (Lipinski definition) is 0. The fourth-order valence-corrected chi connectivity index (χ4v) is 2.54. The lowest BCUT2D eigenvalue weighted by Gasteiger charge is -2.34. The first-order valence-electron chi connectivity index (χ1n) is 9.87.